The quantitative estimate of drug-likeness (QED) is 0.639. The van der Waals surface area contributed by atoms with Crippen molar-refractivity contribution in [1.82, 2.24) is 15.5 Å². The molecule has 1 aromatic rings. The van der Waals surface area contributed by atoms with E-state index in [4.69, 9.17) is 4.74 Å². The fourth-order valence-corrected chi connectivity index (χ4v) is 3.69. The van der Waals surface area contributed by atoms with Gasteiger partial charge in [-0.05, 0) is 46.1 Å². The minimum absolute atomic E-state index is 0.0222. The number of benzene rings is 1. The summed E-state index contributed by atoms with van der Waals surface area (Å²) in [5.74, 6) is -0.845. The number of nitrogens with one attached hydrogen (secondary N) is 2. The van der Waals surface area contributed by atoms with Gasteiger partial charge >= 0.3 is 6.09 Å². The number of phenolic OH excluding ortho intramolecular Hbond substituents is 1. The summed E-state index contributed by atoms with van der Waals surface area (Å²) >= 11 is 0. The number of likely N-dealkylation sites (N-methyl/N-ethyl adjacent to an activating group) is 1. The molecule has 1 atom stereocenters. The van der Waals surface area contributed by atoms with Crippen LogP contribution in [0.4, 0.5) is 4.79 Å². The van der Waals surface area contributed by atoms with Gasteiger partial charge in [0.05, 0.1) is 0 Å². The van der Waals surface area contributed by atoms with E-state index < -0.39 is 23.6 Å². The zero-order valence-electron chi connectivity index (χ0n) is 19.2. The number of nitrogens with zero attached hydrogens (tertiary/aromatic N) is 1. The zero-order chi connectivity index (χ0) is 23.2. The predicted molar refractivity (Wildman–Crippen MR) is 118 cm³/mol. The van der Waals surface area contributed by atoms with Crippen LogP contribution in [0.3, 0.4) is 0 Å². The van der Waals surface area contributed by atoms with Crippen molar-refractivity contribution in [2.75, 3.05) is 13.6 Å². The highest BCUT2D eigenvalue weighted by Crippen LogP contribution is 2.31. The average Bonchev–Trinajstić information content (AvgIpc) is 2.69. The summed E-state index contributed by atoms with van der Waals surface area (Å²) < 4.78 is 5.16. The number of ether oxygens (including phenoxy) is 1. The first-order valence-corrected chi connectivity index (χ1v) is 10.8. The summed E-state index contributed by atoms with van der Waals surface area (Å²) in [6, 6.07) is 4.15. The van der Waals surface area contributed by atoms with Crippen LogP contribution in [0.25, 0.3) is 0 Å². The standard InChI is InChI=1S/C23H35N3O5/c1-15-10-9-13-17(20(15)28)19(21(29)25-16-11-7-6-8-12-16)26(5)18(27)14-24-22(30)31-23(2,3)4/h9-10,13,16,19,28H,6-8,11-12,14H2,1-5H3,(H,24,30)(H,25,29). The van der Waals surface area contributed by atoms with Crippen LogP contribution in [-0.4, -0.2) is 53.1 Å². The van der Waals surface area contributed by atoms with Crippen molar-refractivity contribution >= 4 is 17.9 Å². The highest BCUT2D eigenvalue weighted by atomic mass is 16.6. The third-order valence-corrected chi connectivity index (χ3v) is 5.33. The second-order valence-electron chi connectivity index (χ2n) is 9.12. The van der Waals surface area contributed by atoms with Gasteiger partial charge in [-0.1, -0.05) is 37.5 Å². The van der Waals surface area contributed by atoms with E-state index in [2.05, 4.69) is 10.6 Å². The summed E-state index contributed by atoms with van der Waals surface area (Å²) in [4.78, 5) is 39.2. The van der Waals surface area contributed by atoms with Gasteiger partial charge in [0.2, 0.25) is 11.8 Å². The highest BCUT2D eigenvalue weighted by Gasteiger charge is 2.33. The molecule has 8 heteroatoms. The van der Waals surface area contributed by atoms with Gasteiger partial charge in [0.15, 0.2) is 0 Å². The molecule has 0 heterocycles. The van der Waals surface area contributed by atoms with Gasteiger partial charge in [-0.3, -0.25) is 9.59 Å². The Hall–Kier alpha value is -2.77. The smallest absolute Gasteiger partial charge is 0.408 e. The Balaban J connectivity index is 2.18. The Labute approximate surface area is 184 Å². The lowest BCUT2D eigenvalue weighted by molar-refractivity contribution is -0.139. The third-order valence-electron chi connectivity index (χ3n) is 5.33. The van der Waals surface area contributed by atoms with Crippen molar-refractivity contribution in [1.29, 1.82) is 0 Å². The molecular formula is C23H35N3O5. The maximum Gasteiger partial charge on any atom is 0.408 e. The molecule has 1 saturated carbocycles. The van der Waals surface area contributed by atoms with Crippen molar-refractivity contribution in [2.45, 2.75) is 77.5 Å². The minimum Gasteiger partial charge on any atom is -0.507 e. The molecule has 3 N–H and O–H groups in total. The predicted octanol–water partition coefficient (Wildman–Crippen LogP) is 3.17. The van der Waals surface area contributed by atoms with Crippen LogP contribution in [0.15, 0.2) is 18.2 Å². The molecule has 1 aliphatic carbocycles. The Morgan fingerprint density at radius 3 is 2.45 bits per heavy atom. The molecule has 0 aliphatic heterocycles. The van der Waals surface area contributed by atoms with Gasteiger partial charge < -0.3 is 25.4 Å². The molecule has 0 saturated heterocycles. The SMILES string of the molecule is Cc1cccc(C(C(=O)NC2CCCCC2)N(C)C(=O)CNC(=O)OC(C)(C)C)c1O. The first-order valence-electron chi connectivity index (χ1n) is 10.8. The lowest BCUT2D eigenvalue weighted by Gasteiger charge is -2.31. The maximum absolute atomic E-state index is 13.2. The van der Waals surface area contributed by atoms with E-state index in [0.29, 0.717) is 11.1 Å². The number of carbonyl (C=O) groups excluding carboxylic acids is 3. The Bertz CT molecular complexity index is 797. The van der Waals surface area contributed by atoms with Crippen LogP contribution in [0, 0.1) is 6.92 Å². The van der Waals surface area contributed by atoms with Crippen LogP contribution in [0.1, 0.15) is 70.0 Å². The van der Waals surface area contributed by atoms with Gasteiger partial charge in [0, 0.05) is 18.7 Å². The van der Waals surface area contributed by atoms with E-state index in [1.165, 1.54) is 11.9 Å². The molecule has 8 nitrogen and oxygen atoms in total. The lowest BCUT2D eigenvalue weighted by Crippen LogP contribution is -2.48. The Morgan fingerprint density at radius 2 is 1.84 bits per heavy atom. The van der Waals surface area contributed by atoms with Gasteiger partial charge in [0.25, 0.3) is 0 Å². The second kappa shape index (κ2) is 10.5. The molecule has 2 rings (SSSR count). The Morgan fingerprint density at radius 1 is 1.19 bits per heavy atom. The average molecular weight is 434 g/mol. The van der Waals surface area contributed by atoms with Crippen molar-refractivity contribution in [3.8, 4) is 5.75 Å². The van der Waals surface area contributed by atoms with Crippen LogP contribution in [0.2, 0.25) is 0 Å². The number of para-hydroxylation sites is 1. The first kappa shape index (κ1) is 24.5. The highest BCUT2D eigenvalue weighted by molar-refractivity contribution is 5.91. The number of alkyl carbamates (subject to hydrolysis) is 1. The Kier molecular flexibility index (Phi) is 8.30. The van der Waals surface area contributed by atoms with E-state index in [1.54, 1.807) is 45.9 Å². The summed E-state index contributed by atoms with van der Waals surface area (Å²) in [5.41, 5.74) is 0.275. The van der Waals surface area contributed by atoms with Gasteiger partial charge in [0.1, 0.15) is 23.9 Å². The number of aromatic hydroxyl groups is 1. The summed E-state index contributed by atoms with van der Waals surface area (Å²) in [5, 5.41) is 16.1. The number of aryl methyl sites for hydroxylation is 1. The van der Waals surface area contributed by atoms with Crippen LogP contribution in [-0.2, 0) is 14.3 Å². The third kappa shape index (κ3) is 7.15. The monoisotopic (exact) mass is 433 g/mol. The first-order chi connectivity index (χ1) is 14.5. The van der Waals surface area contributed by atoms with E-state index in [0.717, 1.165) is 32.1 Å². The zero-order valence-corrected chi connectivity index (χ0v) is 19.2. The second-order valence-corrected chi connectivity index (χ2v) is 9.12. The molecule has 0 bridgehead atoms. The van der Waals surface area contributed by atoms with E-state index in [9.17, 15) is 19.5 Å². The van der Waals surface area contributed by atoms with E-state index in [-0.39, 0.29) is 24.2 Å². The summed E-state index contributed by atoms with van der Waals surface area (Å²) in [6.07, 6.45) is 4.35. The fraction of sp³-hybridized carbons (Fsp3) is 0.609. The maximum atomic E-state index is 13.2. The van der Waals surface area contributed by atoms with Gasteiger partial charge in [-0.2, -0.15) is 0 Å². The molecule has 1 aliphatic rings. The fourth-order valence-electron chi connectivity index (χ4n) is 3.69. The van der Waals surface area contributed by atoms with Crippen molar-refractivity contribution in [3.05, 3.63) is 29.3 Å². The number of hydrogen-bond acceptors (Lipinski definition) is 5. The number of rotatable bonds is 6. The van der Waals surface area contributed by atoms with Gasteiger partial charge in [-0.15, -0.1) is 0 Å². The van der Waals surface area contributed by atoms with Crippen molar-refractivity contribution in [2.24, 2.45) is 0 Å². The lowest BCUT2D eigenvalue weighted by atomic mass is 9.94. The normalized spacial score (nSPS) is 15.6. The largest absolute Gasteiger partial charge is 0.507 e. The van der Waals surface area contributed by atoms with E-state index >= 15 is 0 Å². The van der Waals surface area contributed by atoms with Gasteiger partial charge in [-0.25, -0.2) is 4.79 Å². The molecule has 1 fully saturated rings. The number of phenols is 1. The van der Waals surface area contributed by atoms with Crippen molar-refractivity contribution in [3.63, 3.8) is 0 Å². The molecule has 0 radical (unpaired) electrons. The molecule has 1 aromatic carbocycles. The molecule has 31 heavy (non-hydrogen) atoms. The number of amides is 3. The van der Waals surface area contributed by atoms with Crippen molar-refractivity contribution < 1.29 is 24.2 Å². The summed E-state index contributed by atoms with van der Waals surface area (Å²) in [6.45, 7) is 6.60. The molecule has 172 valence electrons. The molecule has 3 amide bonds. The molecule has 0 spiro atoms. The van der Waals surface area contributed by atoms with Crippen LogP contribution in [0.5, 0.6) is 5.75 Å². The number of carbonyl (C=O) groups is 3. The van der Waals surface area contributed by atoms with Crippen LogP contribution < -0.4 is 10.6 Å². The topological polar surface area (TPSA) is 108 Å². The number of hydrogen-bond donors (Lipinski definition) is 3. The van der Waals surface area contributed by atoms with Crippen LogP contribution >= 0.6 is 0 Å². The van der Waals surface area contributed by atoms with E-state index in [1.807, 2.05) is 0 Å². The molecular weight excluding hydrogens is 398 g/mol. The minimum atomic E-state index is -1.02. The molecule has 0 aromatic heterocycles. The summed E-state index contributed by atoms with van der Waals surface area (Å²) in [7, 11) is 1.49. The molecule has 1 unspecified atom stereocenters.